The second-order valence-electron chi connectivity index (χ2n) is 7.00. The first-order chi connectivity index (χ1) is 8.51. The van der Waals surface area contributed by atoms with E-state index >= 15 is 0 Å². The summed E-state index contributed by atoms with van der Waals surface area (Å²) in [5.41, 5.74) is 0.524. The minimum Gasteiger partial charge on any atom is -0.301 e. The second kappa shape index (κ2) is 8.16. The van der Waals surface area contributed by atoms with Gasteiger partial charge in [-0.1, -0.05) is 47.0 Å². The molecule has 0 radical (unpaired) electrons. The van der Waals surface area contributed by atoms with E-state index in [4.69, 9.17) is 0 Å². The lowest BCUT2D eigenvalue weighted by Crippen LogP contribution is -2.46. The van der Waals surface area contributed by atoms with E-state index in [0.717, 1.165) is 0 Å². The Kier molecular flexibility index (Phi) is 7.25. The van der Waals surface area contributed by atoms with Crippen molar-refractivity contribution in [2.24, 2.45) is 5.41 Å². The van der Waals surface area contributed by atoms with Crippen LogP contribution in [0.25, 0.3) is 0 Å². The lowest BCUT2D eigenvalue weighted by molar-refractivity contribution is 0.135. The van der Waals surface area contributed by atoms with Crippen LogP contribution in [-0.2, 0) is 0 Å². The highest BCUT2D eigenvalue weighted by molar-refractivity contribution is 4.70. The van der Waals surface area contributed by atoms with E-state index in [-0.39, 0.29) is 0 Å². The predicted octanol–water partition coefficient (Wildman–Crippen LogP) is 3.62. The van der Waals surface area contributed by atoms with Crippen molar-refractivity contribution in [2.75, 3.05) is 39.3 Å². The third-order valence-corrected chi connectivity index (χ3v) is 4.06. The van der Waals surface area contributed by atoms with Crippen LogP contribution in [0.2, 0.25) is 0 Å². The molecular weight excluding hydrogens is 220 g/mol. The van der Waals surface area contributed by atoms with Gasteiger partial charge in [0.05, 0.1) is 0 Å². The maximum absolute atomic E-state index is 2.65. The summed E-state index contributed by atoms with van der Waals surface area (Å²) in [6.07, 6.45) is 7.03. The van der Waals surface area contributed by atoms with Crippen LogP contribution in [0.3, 0.4) is 0 Å². The van der Waals surface area contributed by atoms with Gasteiger partial charge in [-0.15, -0.1) is 0 Å². The SMILES string of the molecule is CCN1CCN(CCCCCCC(C)(C)C)CC1. The molecule has 1 rings (SSSR count). The van der Waals surface area contributed by atoms with Gasteiger partial charge in [0.25, 0.3) is 0 Å². The number of hydrogen-bond acceptors (Lipinski definition) is 2. The summed E-state index contributed by atoms with van der Waals surface area (Å²) in [6.45, 7) is 17.0. The van der Waals surface area contributed by atoms with Crippen molar-refractivity contribution in [3.8, 4) is 0 Å². The highest BCUT2D eigenvalue weighted by Crippen LogP contribution is 2.22. The van der Waals surface area contributed by atoms with Gasteiger partial charge >= 0.3 is 0 Å². The minimum absolute atomic E-state index is 0.524. The molecule has 1 aliphatic heterocycles. The lowest BCUT2D eigenvalue weighted by Gasteiger charge is -2.34. The minimum atomic E-state index is 0.524. The van der Waals surface area contributed by atoms with Crippen molar-refractivity contribution in [3.63, 3.8) is 0 Å². The van der Waals surface area contributed by atoms with Gasteiger partial charge in [0.1, 0.15) is 0 Å². The predicted molar refractivity (Wildman–Crippen MR) is 81.1 cm³/mol. The van der Waals surface area contributed by atoms with Gasteiger partial charge in [0.15, 0.2) is 0 Å². The molecule has 0 N–H and O–H groups in total. The van der Waals surface area contributed by atoms with Crippen molar-refractivity contribution in [3.05, 3.63) is 0 Å². The summed E-state index contributed by atoms with van der Waals surface area (Å²) in [4.78, 5) is 5.20. The van der Waals surface area contributed by atoms with Crippen molar-refractivity contribution in [2.45, 2.75) is 59.8 Å². The van der Waals surface area contributed by atoms with Gasteiger partial charge < -0.3 is 9.80 Å². The van der Waals surface area contributed by atoms with E-state index < -0.39 is 0 Å². The van der Waals surface area contributed by atoms with Crippen LogP contribution >= 0.6 is 0 Å². The van der Waals surface area contributed by atoms with Gasteiger partial charge in [-0.2, -0.15) is 0 Å². The monoisotopic (exact) mass is 254 g/mol. The fourth-order valence-electron chi connectivity index (χ4n) is 2.67. The summed E-state index contributed by atoms with van der Waals surface area (Å²) in [5, 5.41) is 0. The molecule has 0 aromatic carbocycles. The third kappa shape index (κ3) is 7.38. The Balaban J connectivity index is 1.93. The van der Waals surface area contributed by atoms with E-state index in [9.17, 15) is 0 Å². The maximum Gasteiger partial charge on any atom is 0.0110 e. The molecule has 0 unspecified atom stereocenters. The van der Waals surface area contributed by atoms with Crippen LogP contribution in [0, 0.1) is 5.41 Å². The van der Waals surface area contributed by atoms with Crippen molar-refractivity contribution >= 4 is 0 Å². The van der Waals surface area contributed by atoms with E-state index in [1.54, 1.807) is 0 Å². The molecular formula is C16H34N2. The van der Waals surface area contributed by atoms with E-state index in [1.807, 2.05) is 0 Å². The van der Waals surface area contributed by atoms with E-state index in [2.05, 4.69) is 37.5 Å². The Morgan fingerprint density at radius 2 is 1.33 bits per heavy atom. The Bertz CT molecular complexity index is 200. The first-order valence-corrected chi connectivity index (χ1v) is 7.96. The summed E-state index contributed by atoms with van der Waals surface area (Å²) >= 11 is 0. The van der Waals surface area contributed by atoms with Crippen LogP contribution in [0.5, 0.6) is 0 Å². The summed E-state index contributed by atoms with van der Waals surface area (Å²) < 4.78 is 0. The van der Waals surface area contributed by atoms with Crippen molar-refractivity contribution < 1.29 is 0 Å². The average Bonchev–Trinajstić information content (AvgIpc) is 2.33. The quantitative estimate of drug-likeness (QED) is 0.640. The molecule has 0 spiro atoms. The van der Waals surface area contributed by atoms with Crippen LogP contribution in [0.1, 0.15) is 59.8 Å². The average molecular weight is 254 g/mol. The number of likely N-dealkylation sites (N-methyl/N-ethyl adjacent to an activating group) is 1. The zero-order valence-electron chi connectivity index (χ0n) is 13.2. The Morgan fingerprint density at radius 1 is 0.778 bits per heavy atom. The normalized spacial score (nSPS) is 19.3. The van der Waals surface area contributed by atoms with Crippen LogP contribution in [0.4, 0.5) is 0 Å². The zero-order valence-corrected chi connectivity index (χ0v) is 13.2. The van der Waals surface area contributed by atoms with Gasteiger partial charge in [-0.3, -0.25) is 0 Å². The molecule has 18 heavy (non-hydrogen) atoms. The van der Waals surface area contributed by atoms with Crippen LogP contribution in [0.15, 0.2) is 0 Å². The van der Waals surface area contributed by atoms with Gasteiger partial charge in [-0.05, 0) is 31.3 Å². The topological polar surface area (TPSA) is 6.48 Å². The fraction of sp³-hybridized carbons (Fsp3) is 1.00. The number of unbranched alkanes of at least 4 members (excludes halogenated alkanes) is 3. The smallest absolute Gasteiger partial charge is 0.0110 e. The standard InChI is InChI=1S/C16H34N2/c1-5-17-12-14-18(15-13-17)11-9-7-6-8-10-16(2,3)4/h5-15H2,1-4H3. The molecule has 0 atom stereocenters. The largest absolute Gasteiger partial charge is 0.301 e. The molecule has 0 bridgehead atoms. The Hall–Kier alpha value is -0.0800. The molecule has 2 nitrogen and oxygen atoms in total. The lowest BCUT2D eigenvalue weighted by atomic mass is 9.89. The highest BCUT2D eigenvalue weighted by Gasteiger charge is 2.14. The van der Waals surface area contributed by atoms with Crippen molar-refractivity contribution in [1.82, 2.24) is 9.80 Å². The summed E-state index contributed by atoms with van der Waals surface area (Å²) in [7, 11) is 0. The Morgan fingerprint density at radius 3 is 1.89 bits per heavy atom. The number of piperazine rings is 1. The molecule has 0 saturated carbocycles. The molecule has 1 saturated heterocycles. The third-order valence-electron chi connectivity index (χ3n) is 4.06. The summed E-state index contributed by atoms with van der Waals surface area (Å²) in [5.74, 6) is 0. The first kappa shape index (κ1) is 16.0. The maximum atomic E-state index is 2.65. The summed E-state index contributed by atoms with van der Waals surface area (Å²) in [6, 6.07) is 0. The molecule has 0 aromatic heterocycles. The first-order valence-electron chi connectivity index (χ1n) is 7.96. The van der Waals surface area contributed by atoms with Crippen LogP contribution < -0.4 is 0 Å². The zero-order chi connectivity index (χ0) is 13.4. The molecule has 0 aliphatic carbocycles. The second-order valence-corrected chi connectivity index (χ2v) is 7.00. The van der Waals surface area contributed by atoms with Gasteiger partial charge in [-0.25, -0.2) is 0 Å². The number of rotatable bonds is 7. The van der Waals surface area contributed by atoms with E-state index in [0.29, 0.717) is 5.41 Å². The molecule has 0 aromatic rings. The van der Waals surface area contributed by atoms with Gasteiger partial charge in [0, 0.05) is 26.2 Å². The number of nitrogens with zero attached hydrogens (tertiary/aromatic N) is 2. The Labute approximate surface area is 115 Å². The van der Waals surface area contributed by atoms with Gasteiger partial charge in [0.2, 0.25) is 0 Å². The number of hydrogen-bond donors (Lipinski definition) is 0. The van der Waals surface area contributed by atoms with Crippen LogP contribution in [-0.4, -0.2) is 49.1 Å². The van der Waals surface area contributed by atoms with Crippen molar-refractivity contribution in [1.29, 1.82) is 0 Å². The molecule has 1 aliphatic rings. The molecule has 0 amide bonds. The molecule has 108 valence electrons. The molecule has 1 heterocycles. The van der Waals surface area contributed by atoms with E-state index in [1.165, 1.54) is 71.4 Å². The molecule has 1 fully saturated rings. The highest BCUT2D eigenvalue weighted by atomic mass is 15.3. The fourth-order valence-corrected chi connectivity index (χ4v) is 2.67. The molecule has 2 heteroatoms.